The molecule has 0 radical (unpaired) electrons. The zero-order chi connectivity index (χ0) is 17.6. The van der Waals surface area contributed by atoms with Crippen LogP contribution in [-0.4, -0.2) is 4.98 Å². The molecule has 0 amide bonds. The number of rotatable bonds is 3. The van der Waals surface area contributed by atoms with Crippen molar-refractivity contribution in [1.29, 1.82) is 0 Å². The number of pyridine rings is 1. The van der Waals surface area contributed by atoms with Crippen molar-refractivity contribution in [2.45, 2.75) is 33.1 Å². The van der Waals surface area contributed by atoms with Crippen LogP contribution < -0.4 is 5.43 Å². The van der Waals surface area contributed by atoms with E-state index >= 15 is 0 Å². The number of fused-ring (bicyclic) bond motifs is 2. The molecule has 4 rings (SSSR count). The summed E-state index contributed by atoms with van der Waals surface area (Å²) in [4.78, 5) is 17.0. The topological polar surface area (TPSA) is 32.9 Å². The fraction of sp³-hybridized carbons (Fsp3) is 0.227. The van der Waals surface area contributed by atoms with Crippen LogP contribution in [0.25, 0.3) is 31.4 Å². The second kappa shape index (κ2) is 6.16. The third-order valence-corrected chi connectivity index (χ3v) is 5.92. The highest BCUT2D eigenvalue weighted by molar-refractivity contribution is 7.22. The van der Waals surface area contributed by atoms with E-state index in [1.54, 1.807) is 17.4 Å². The number of benzene rings is 2. The second-order valence-electron chi connectivity index (χ2n) is 6.84. The molecule has 2 heterocycles. The lowest BCUT2D eigenvalue weighted by molar-refractivity contribution is 0.869. The third kappa shape index (κ3) is 2.89. The fourth-order valence-electron chi connectivity index (χ4n) is 3.21. The Morgan fingerprint density at radius 3 is 2.64 bits per heavy atom. The lowest BCUT2D eigenvalue weighted by atomic mass is 10.0. The van der Waals surface area contributed by atoms with E-state index in [1.165, 1.54) is 20.5 Å². The largest absolute Gasteiger partial charge is 0.358 e. The van der Waals surface area contributed by atoms with Gasteiger partial charge in [0, 0.05) is 32.2 Å². The maximum Gasteiger partial charge on any atom is 0.189 e. The van der Waals surface area contributed by atoms with Crippen molar-refractivity contribution in [1.82, 2.24) is 4.98 Å². The lowest BCUT2D eigenvalue weighted by Crippen LogP contribution is -2.04. The Morgan fingerprint density at radius 1 is 1.04 bits per heavy atom. The summed E-state index contributed by atoms with van der Waals surface area (Å²) in [5.41, 5.74) is 4.45. The number of aromatic nitrogens is 1. The highest BCUT2D eigenvalue weighted by atomic mass is 32.1. The Bertz CT molecular complexity index is 1130. The molecule has 0 fully saturated rings. The minimum Gasteiger partial charge on any atom is -0.358 e. The van der Waals surface area contributed by atoms with Gasteiger partial charge in [-0.2, -0.15) is 0 Å². The molecule has 0 unspecified atom stereocenters. The van der Waals surface area contributed by atoms with E-state index in [0.29, 0.717) is 5.92 Å². The zero-order valence-electron chi connectivity index (χ0n) is 14.7. The maximum absolute atomic E-state index is 12.4. The molecule has 0 saturated heterocycles. The van der Waals surface area contributed by atoms with Crippen molar-refractivity contribution >= 4 is 32.3 Å². The molecule has 0 bridgehead atoms. The number of thiophene rings is 1. The molecule has 4 aromatic rings. The minimum atomic E-state index is 0.0932. The van der Waals surface area contributed by atoms with Crippen molar-refractivity contribution in [2.75, 3.05) is 0 Å². The van der Waals surface area contributed by atoms with Crippen LogP contribution in [0, 0.1) is 0 Å². The number of H-pyrrole nitrogens is 1. The molecule has 2 aromatic carbocycles. The smallest absolute Gasteiger partial charge is 0.189 e. The van der Waals surface area contributed by atoms with Crippen LogP contribution >= 0.6 is 11.3 Å². The monoisotopic (exact) mass is 347 g/mol. The van der Waals surface area contributed by atoms with Gasteiger partial charge in [0.2, 0.25) is 0 Å². The molecule has 2 nitrogen and oxygen atoms in total. The van der Waals surface area contributed by atoms with Gasteiger partial charge in [0.25, 0.3) is 0 Å². The van der Waals surface area contributed by atoms with Gasteiger partial charge in [-0.3, -0.25) is 4.79 Å². The first-order valence-electron chi connectivity index (χ1n) is 8.75. The van der Waals surface area contributed by atoms with Crippen LogP contribution in [0.15, 0.2) is 53.3 Å². The molecule has 25 heavy (non-hydrogen) atoms. The quantitative estimate of drug-likeness (QED) is 0.477. The van der Waals surface area contributed by atoms with Crippen LogP contribution in [0.4, 0.5) is 0 Å². The highest BCUT2D eigenvalue weighted by Gasteiger charge is 2.09. The van der Waals surface area contributed by atoms with E-state index in [-0.39, 0.29) is 5.43 Å². The Kier molecular flexibility index (Phi) is 3.97. The fourth-order valence-corrected chi connectivity index (χ4v) is 4.25. The van der Waals surface area contributed by atoms with Crippen molar-refractivity contribution in [2.24, 2.45) is 0 Å². The van der Waals surface area contributed by atoms with E-state index in [1.807, 2.05) is 19.1 Å². The lowest BCUT2D eigenvalue weighted by Gasteiger charge is -2.04. The minimum absolute atomic E-state index is 0.0932. The van der Waals surface area contributed by atoms with E-state index in [9.17, 15) is 4.79 Å². The standard InChI is InChI=1S/C22H21NOS/c1-4-17-12-20(24)18-10-15(5-7-19(18)23-17)22-11-16-9-14(13(2)3)6-8-21(16)25-22/h5-13H,4H2,1-3H3,(H,23,24). The average Bonchev–Trinajstić information content (AvgIpc) is 3.04. The molecular formula is C22H21NOS. The first kappa shape index (κ1) is 16.1. The average molecular weight is 347 g/mol. The summed E-state index contributed by atoms with van der Waals surface area (Å²) >= 11 is 1.78. The predicted molar refractivity (Wildman–Crippen MR) is 109 cm³/mol. The summed E-state index contributed by atoms with van der Waals surface area (Å²) in [5, 5.41) is 2.04. The number of hydrogen-bond donors (Lipinski definition) is 1. The molecule has 0 atom stereocenters. The molecule has 126 valence electrons. The highest BCUT2D eigenvalue weighted by Crippen LogP contribution is 2.35. The first-order valence-corrected chi connectivity index (χ1v) is 9.56. The van der Waals surface area contributed by atoms with Gasteiger partial charge >= 0.3 is 0 Å². The van der Waals surface area contributed by atoms with E-state index in [2.05, 4.69) is 49.2 Å². The van der Waals surface area contributed by atoms with E-state index in [4.69, 9.17) is 0 Å². The molecule has 1 N–H and O–H groups in total. The summed E-state index contributed by atoms with van der Waals surface area (Å²) in [7, 11) is 0. The summed E-state index contributed by atoms with van der Waals surface area (Å²) in [6.45, 7) is 6.48. The number of nitrogens with one attached hydrogen (secondary N) is 1. The molecule has 0 saturated carbocycles. The summed E-state index contributed by atoms with van der Waals surface area (Å²) < 4.78 is 1.29. The second-order valence-corrected chi connectivity index (χ2v) is 7.92. The van der Waals surface area contributed by atoms with Gasteiger partial charge in [0.15, 0.2) is 5.43 Å². The first-order chi connectivity index (χ1) is 12.0. The molecule has 3 heteroatoms. The Hall–Kier alpha value is -2.39. The Balaban J connectivity index is 1.85. The van der Waals surface area contributed by atoms with Crippen LogP contribution in [-0.2, 0) is 6.42 Å². The van der Waals surface area contributed by atoms with E-state index < -0.39 is 0 Å². The van der Waals surface area contributed by atoms with Gasteiger partial charge in [0.1, 0.15) is 0 Å². The predicted octanol–water partition coefficient (Wildman–Crippen LogP) is 6.10. The van der Waals surface area contributed by atoms with Crippen LogP contribution in [0.2, 0.25) is 0 Å². The summed E-state index contributed by atoms with van der Waals surface area (Å²) in [6, 6.07) is 16.8. The Morgan fingerprint density at radius 2 is 1.88 bits per heavy atom. The Labute approximate surface area is 151 Å². The van der Waals surface area contributed by atoms with Crippen LogP contribution in [0.5, 0.6) is 0 Å². The van der Waals surface area contributed by atoms with E-state index in [0.717, 1.165) is 28.6 Å². The number of aryl methyl sites for hydroxylation is 1. The van der Waals surface area contributed by atoms with Gasteiger partial charge < -0.3 is 4.98 Å². The SMILES string of the molecule is CCc1cc(=O)c2cc(-c3cc4cc(C(C)C)ccc4s3)ccc2[nH]1. The van der Waals surface area contributed by atoms with Crippen LogP contribution in [0.1, 0.15) is 37.9 Å². The van der Waals surface area contributed by atoms with Gasteiger partial charge in [-0.25, -0.2) is 0 Å². The van der Waals surface area contributed by atoms with Gasteiger partial charge in [-0.15, -0.1) is 11.3 Å². The summed E-state index contributed by atoms with van der Waals surface area (Å²) in [6.07, 6.45) is 0.835. The number of aromatic amines is 1. The van der Waals surface area contributed by atoms with Crippen molar-refractivity contribution in [3.8, 4) is 10.4 Å². The zero-order valence-corrected chi connectivity index (χ0v) is 15.5. The molecule has 2 aromatic heterocycles. The molecule has 0 aliphatic carbocycles. The van der Waals surface area contributed by atoms with Crippen molar-refractivity contribution in [3.63, 3.8) is 0 Å². The molecular weight excluding hydrogens is 326 g/mol. The normalized spacial score (nSPS) is 11.7. The van der Waals surface area contributed by atoms with Gasteiger partial charge in [0.05, 0.1) is 0 Å². The van der Waals surface area contributed by atoms with Gasteiger partial charge in [-0.1, -0.05) is 39.0 Å². The molecule has 0 aliphatic rings. The van der Waals surface area contributed by atoms with Crippen molar-refractivity contribution < 1.29 is 0 Å². The molecule has 0 aliphatic heterocycles. The van der Waals surface area contributed by atoms with Gasteiger partial charge in [-0.05, 0) is 53.1 Å². The van der Waals surface area contributed by atoms with Crippen LogP contribution in [0.3, 0.4) is 0 Å². The number of hydrogen-bond acceptors (Lipinski definition) is 2. The summed E-state index contributed by atoms with van der Waals surface area (Å²) in [5.74, 6) is 0.528. The van der Waals surface area contributed by atoms with Crippen molar-refractivity contribution in [3.05, 3.63) is 70.0 Å². The molecule has 0 spiro atoms. The third-order valence-electron chi connectivity index (χ3n) is 4.76. The maximum atomic E-state index is 12.4.